The highest BCUT2D eigenvalue weighted by Crippen LogP contribution is 2.21. The quantitative estimate of drug-likeness (QED) is 0.822. The van der Waals surface area contributed by atoms with Crippen LogP contribution in [0.25, 0.3) is 11.5 Å². The van der Waals surface area contributed by atoms with Crippen molar-refractivity contribution in [1.82, 2.24) is 9.78 Å². The molecule has 0 unspecified atom stereocenters. The van der Waals surface area contributed by atoms with Gasteiger partial charge in [-0.1, -0.05) is 17.7 Å². The Balaban J connectivity index is 2.50. The Bertz CT molecular complexity index is 535. The van der Waals surface area contributed by atoms with Gasteiger partial charge in [-0.3, -0.25) is 0 Å². The molecule has 0 radical (unpaired) electrons. The van der Waals surface area contributed by atoms with E-state index in [4.69, 9.17) is 33.3 Å². The van der Waals surface area contributed by atoms with E-state index in [0.717, 1.165) is 5.56 Å². The third kappa shape index (κ3) is 2.09. The van der Waals surface area contributed by atoms with E-state index in [1.54, 1.807) is 24.3 Å². The molecule has 0 aliphatic rings. The molecule has 15 heavy (non-hydrogen) atoms. The van der Waals surface area contributed by atoms with Gasteiger partial charge < -0.3 is 9.52 Å². The van der Waals surface area contributed by atoms with Crippen molar-refractivity contribution in [2.75, 3.05) is 0 Å². The van der Waals surface area contributed by atoms with E-state index in [9.17, 15) is 0 Å². The normalized spacial score (nSPS) is 10.5. The Morgan fingerprint density at radius 2 is 2.33 bits per heavy atom. The first-order valence-corrected chi connectivity index (χ1v) is 4.94. The van der Waals surface area contributed by atoms with Crippen molar-refractivity contribution in [3.8, 4) is 11.5 Å². The fraction of sp³-hybridized carbons (Fsp3) is 0.111. The monoisotopic (exact) mass is 242 g/mol. The molecule has 1 aromatic heterocycles. The number of aliphatic hydroxyl groups is 1. The first-order valence-electron chi connectivity index (χ1n) is 4.15. The topological polar surface area (TPSA) is 51.2 Å². The molecule has 1 heterocycles. The molecule has 6 heteroatoms. The van der Waals surface area contributed by atoms with Gasteiger partial charge in [0.1, 0.15) is 6.73 Å². The summed E-state index contributed by atoms with van der Waals surface area (Å²) in [5, 5.41) is 13.4. The summed E-state index contributed by atoms with van der Waals surface area (Å²) < 4.78 is 6.38. The molecular weight excluding hydrogens is 236 g/mol. The molecule has 0 fully saturated rings. The zero-order chi connectivity index (χ0) is 10.8. The third-order valence-electron chi connectivity index (χ3n) is 1.81. The zero-order valence-electron chi connectivity index (χ0n) is 7.55. The van der Waals surface area contributed by atoms with E-state index in [1.165, 1.54) is 4.68 Å². The summed E-state index contributed by atoms with van der Waals surface area (Å²) >= 11 is 10.7. The van der Waals surface area contributed by atoms with Gasteiger partial charge >= 0.3 is 0 Å². The minimum absolute atomic E-state index is 0.132. The van der Waals surface area contributed by atoms with Crippen LogP contribution in [0, 0.1) is 4.84 Å². The standard InChI is InChI=1S/C9H7ClN2O2S/c10-7-3-1-2-6(4-7)8-11-12(5-13)9(15)14-8/h1-4,13H,5H2. The van der Waals surface area contributed by atoms with E-state index in [-0.39, 0.29) is 11.6 Å². The van der Waals surface area contributed by atoms with Crippen LogP contribution >= 0.6 is 23.8 Å². The summed E-state index contributed by atoms with van der Waals surface area (Å²) in [5.74, 6) is 0.344. The number of hydrogen-bond donors (Lipinski definition) is 1. The summed E-state index contributed by atoms with van der Waals surface area (Å²) in [7, 11) is 0. The second kappa shape index (κ2) is 4.14. The second-order valence-corrected chi connectivity index (χ2v) is 3.61. The summed E-state index contributed by atoms with van der Waals surface area (Å²) in [4.78, 5) is 0.132. The van der Waals surface area contributed by atoms with Gasteiger partial charge in [0.2, 0.25) is 5.89 Å². The molecule has 2 aromatic rings. The molecule has 1 N–H and O–H groups in total. The lowest BCUT2D eigenvalue weighted by Crippen LogP contribution is -1.98. The molecule has 4 nitrogen and oxygen atoms in total. The van der Waals surface area contributed by atoms with Crippen molar-refractivity contribution in [3.63, 3.8) is 0 Å². The van der Waals surface area contributed by atoms with Gasteiger partial charge in [-0.05, 0) is 30.4 Å². The van der Waals surface area contributed by atoms with Crippen molar-refractivity contribution < 1.29 is 9.52 Å². The molecule has 0 saturated heterocycles. The molecule has 0 spiro atoms. The lowest BCUT2D eigenvalue weighted by molar-refractivity contribution is 0.190. The first-order chi connectivity index (χ1) is 7.20. The predicted octanol–water partition coefficient (Wildman–Crippen LogP) is 2.48. The number of aliphatic hydroxyl groups excluding tert-OH is 1. The van der Waals surface area contributed by atoms with Crippen molar-refractivity contribution >= 4 is 23.8 Å². The molecule has 0 aliphatic carbocycles. The number of rotatable bonds is 2. The van der Waals surface area contributed by atoms with Gasteiger partial charge in [-0.15, -0.1) is 5.10 Å². The Labute approximate surface area is 95.7 Å². The summed E-state index contributed by atoms with van der Waals surface area (Å²) in [6.45, 7) is -0.303. The molecule has 2 rings (SSSR count). The Kier molecular flexibility index (Phi) is 2.86. The van der Waals surface area contributed by atoms with Crippen molar-refractivity contribution in [1.29, 1.82) is 0 Å². The van der Waals surface area contributed by atoms with Crippen LogP contribution in [0.1, 0.15) is 0 Å². The molecular formula is C9H7ClN2O2S. The van der Waals surface area contributed by atoms with Crippen LogP contribution in [0.4, 0.5) is 0 Å². The minimum atomic E-state index is -0.303. The Morgan fingerprint density at radius 3 is 2.93 bits per heavy atom. The first kappa shape index (κ1) is 10.4. The number of halogens is 1. The van der Waals surface area contributed by atoms with Crippen LogP contribution < -0.4 is 0 Å². The summed E-state index contributed by atoms with van der Waals surface area (Å²) in [6, 6.07) is 7.05. The van der Waals surface area contributed by atoms with E-state index in [1.807, 2.05) is 0 Å². The molecule has 1 aromatic carbocycles. The van der Waals surface area contributed by atoms with E-state index in [2.05, 4.69) is 5.10 Å². The lowest BCUT2D eigenvalue weighted by atomic mass is 10.2. The van der Waals surface area contributed by atoms with Gasteiger partial charge in [0.05, 0.1) is 0 Å². The fourth-order valence-electron chi connectivity index (χ4n) is 1.13. The smallest absolute Gasteiger partial charge is 0.289 e. The van der Waals surface area contributed by atoms with Crippen LogP contribution in [0.2, 0.25) is 5.02 Å². The SMILES string of the molecule is OCn1nc(-c2cccc(Cl)c2)oc1=S. The molecule has 0 amide bonds. The highest BCUT2D eigenvalue weighted by Gasteiger charge is 2.07. The highest BCUT2D eigenvalue weighted by molar-refractivity contribution is 7.71. The van der Waals surface area contributed by atoms with Crippen LogP contribution in [-0.2, 0) is 6.73 Å². The molecule has 0 saturated carbocycles. The van der Waals surface area contributed by atoms with Crippen LogP contribution in [0.3, 0.4) is 0 Å². The van der Waals surface area contributed by atoms with Crippen molar-refractivity contribution in [2.45, 2.75) is 6.73 Å². The summed E-state index contributed by atoms with van der Waals surface area (Å²) in [6.07, 6.45) is 0. The number of nitrogens with zero attached hydrogens (tertiary/aromatic N) is 2. The predicted molar refractivity (Wildman–Crippen MR) is 58.0 cm³/mol. The third-order valence-corrected chi connectivity index (χ3v) is 2.34. The Hall–Kier alpha value is -1.17. The summed E-state index contributed by atoms with van der Waals surface area (Å²) in [5.41, 5.74) is 0.723. The van der Waals surface area contributed by atoms with E-state index >= 15 is 0 Å². The molecule has 0 aliphatic heterocycles. The average Bonchev–Trinajstić information content (AvgIpc) is 2.60. The number of aromatic nitrogens is 2. The van der Waals surface area contributed by atoms with Gasteiger partial charge in [0.25, 0.3) is 4.84 Å². The van der Waals surface area contributed by atoms with Crippen LogP contribution in [-0.4, -0.2) is 14.9 Å². The lowest BCUT2D eigenvalue weighted by Gasteiger charge is -1.94. The van der Waals surface area contributed by atoms with E-state index < -0.39 is 0 Å². The fourth-order valence-corrected chi connectivity index (χ4v) is 1.50. The maximum absolute atomic E-state index is 8.88. The molecule has 0 bridgehead atoms. The maximum atomic E-state index is 8.88. The van der Waals surface area contributed by atoms with Crippen molar-refractivity contribution in [3.05, 3.63) is 34.1 Å². The zero-order valence-corrected chi connectivity index (χ0v) is 9.13. The average molecular weight is 243 g/mol. The molecule has 78 valence electrons. The second-order valence-electron chi connectivity index (χ2n) is 2.82. The van der Waals surface area contributed by atoms with Gasteiger partial charge in [-0.2, -0.15) is 4.68 Å². The number of benzene rings is 1. The largest absolute Gasteiger partial charge is 0.409 e. The maximum Gasteiger partial charge on any atom is 0.289 e. The van der Waals surface area contributed by atoms with Gasteiger partial charge in [0, 0.05) is 10.6 Å². The van der Waals surface area contributed by atoms with Crippen molar-refractivity contribution in [2.24, 2.45) is 0 Å². The van der Waals surface area contributed by atoms with Crippen LogP contribution in [0.15, 0.2) is 28.7 Å². The van der Waals surface area contributed by atoms with Gasteiger partial charge in [0.15, 0.2) is 0 Å². The number of hydrogen-bond acceptors (Lipinski definition) is 4. The van der Waals surface area contributed by atoms with Gasteiger partial charge in [-0.25, -0.2) is 0 Å². The minimum Gasteiger partial charge on any atom is -0.409 e. The Morgan fingerprint density at radius 1 is 1.53 bits per heavy atom. The van der Waals surface area contributed by atoms with Crippen LogP contribution in [0.5, 0.6) is 0 Å². The highest BCUT2D eigenvalue weighted by atomic mass is 35.5. The van der Waals surface area contributed by atoms with E-state index in [0.29, 0.717) is 10.9 Å². The molecule has 0 atom stereocenters.